The van der Waals surface area contributed by atoms with Crippen LogP contribution in [0.2, 0.25) is 0 Å². The molecular formula is C12H26N. The third kappa shape index (κ3) is 4.66. The van der Waals surface area contributed by atoms with Gasteiger partial charge < -0.3 is 0 Å². The second kappa shape index (κ2) is 4.45. The number of hydrogen-bond donors (Lipinski definition) is 0. The highest BCUT2D eigenvalue weighted by Gasteiger charge is 2.30. The van der Waals surface area contributed by atoms with Gasteiger partial charge >= 0.3 is 0 Å². The minimum absolute atomic E-state index is 0.230. The van der Waals surface area contributed by atoms with E-state index in [0.717, 1.165) is 0 Å². The maximum atomic E-state index is 2.46. The van der Waals surface area contributed by atoms with Crippen LogP contribution >= 0.6 is 0 Å². The monoisotopic (exact) mass is 184 g/mol. The van der Waals surface area contributed by atoms with Crippen molar-refractivity contribution in [3.63, 3.8) is 0 Å². The summed E-state index contributed by atoms with van der Waals surface area (Å²) >= 11 is 0. The minimum Gasteiger partial charge on any atom is -0.289 e. The predicted octanol–water partition coefficient (Wildman–Crippen LogP) is 3.85. The van der Waals surface area contributed by atoms with Gasteiger partial charge in [0.1, 0.15) is 0 Å². The molecule has 13 heavy (non-hydrogen) atoms. The summed E-state index contributed by atoms with van der Waals surface area (Å²) in [5.41, 5.74) is 0.459. The molecular weight excluding hydrogens is 158 g/mol. The fraction of sp³-hybridized carbons (Fsp3) is 0.917. The second-order valence-electron chi connectivity index (χ2n) is 5.68. The van der Waals surface area contributed by atoms with Crippen LogP contribution in [-0.2, 0) is 0 Å². The Bertz CT molecular complexity index is 122. The van der Waals surface area contributed by atoms with Crippen molar-refractivity contribution in [1.29, 1.82) is 0 Å². The van der Waals surface area contributed by atoms with Crippen molar-refractivity contribution in [2.24, 2.45) is 0 Å². The molecule has 0 aliphatic heterocycles. The SMILES string of the molecule is CCC[CH]N(C(C)(C)C)C(C)(C)C. The van der Waals surface area contributed by atoms with Crippen molar-refractivity contribution in [2.45, 2.75) is 72.4 Å². The summed E-state index contributed by atoms with van der Waals surface area (Å²) in [6, 6.07) is 0. The van der Waals surface area contributed by atoms with Gasteiger partial charge in [0.25, 0.3) is 0 Å². The van der Waals surface area contributed by atoms with Crippen LogP contribution in [0.15, 0.2) is 0 Å². The first-order valence-electron chi connectivity index (χ1n) is 5.32. The molecule has 0 spiro atoms. The molecule has 79 valence electrons. The van der Waals surface area contributed by atoms with Crippen LogP contribution in [0.5, 0.6) is 0 Å². The van der Waals surface area contributed by atoms with Gasteiger partial charge in [0, 0.05) is 17.6 Å². The van der Waals surface area contributed by atoms with E-state index in [1.54, 1.807) is 0 Å². The van der Waals surface area contributed by atoms with Crippen molar-refractivity contribution < 1.29 is 0 Å². The molecule has 0 fully saturated rings. The van der Waals surface area contributed by atoms with Gasteiger partial charge in [-0.1, -0.05) is 13.3 Å². The lowest BCUT2D eigenvalue weighted by Crippen LogP contribution is -2.50. The molecule has 0 aliphatic rings. The molecule has 0 unspecified atom stereocenters. The van der Waals surface area contributed by atoms with Gasteiger partial charge in [-0.15, -0.1) is 0 Å². The molecule has 0 aromatic rings. The van der Waals surface area contributed by atoms with Crippen LogP contribution in [-0.4, -0.2) is 16.0 Å². The summed E-state index contributed by atoms with van der Waals surface area (Å²) in [6.07, 6.45) is 2.40. The summed E-state index contributed by atoms with van der Waals surface area (Å²) in [5, 5.41) is 0. The largest absolute Gasteiger partial charge is 0.289 e. The summed E-state index contributed by atoms with van der Waals surface area (Å²) < 4.78 is 0. The van der Waals surface area contributed by atoms with Gasteiger partial charge in [-0.05, 0) is 48.0 Å². The van der Waals surface area contributed by atoms with Crippen molar-refractivity contribution in [3.05, 3.63) is 6.54 Å². The van der Waals surface area contributed by atoms with Gasteiger partial charge in [0.05, 0.1) is 0 Å². The fourth-order valence-corrected chi connectivity index (χ4v) is 1.81. The van der Waals surface area contributed by atoms with Gasteiger partial charge in [-0.3, -0.25) is 4.90 Å². The Balaban J connectivity index is 4.39. The zero-order valence-corrected chi connectivity index (χ0v) is 10.4. The molecule has 0 heterocycles. The Labute approximate surface area is 84.5 Å². The smallest absolute Gasteiger partial charge is 0.0262 e. The lowest BCUT2D eigenvalue weighted by atomic mass is 9.95. The average molecular weight is 184 g/mol. The summed E-state index contributed by atoms with van der Waals surface area (Å²) in [4.78, 5) is 2.46. The Morgan fingerprint density at radius 3 is 1.54 bits per heavy atom. The number of hydrogen-bond acceptors (Lipinski definition) is 1. The summed E-state index contributed by atoms with van der Waals surface area (Å²) in [6.45, 7) is 18.2. The van der Waals surface area contributed by atoms with Gasteiger partial charge in [0.2, 0.25) is 0 Å². The van der Waals surface area contributed by atoms with Crippen molar-refractivity contribution in [1.82, 2.24) is 4.90 Å². The first kappa shape index (κ1) is 13.0. The second-order valence-corrected chi connectivity index (χ2v) is 5.68. The maximum Gasteiger partial charge on any atom is 0.0262 e. The van der Waals surface area contributed by atoms with E-state index in [1.165, 1.54) is 12.8 Å². The molecule has 0 bridgehead atoms. The number of unbranched alkanes of at least 4 members (excludes halogenated alkanes) is 1. The van der Waals surface area contributed by atoms with Crippen molar-refractivity contribution in [3.8, 4) is 0 Å². The van der Waals surface area contributed by atoms with Crippen LogP contribution < -0.4 is 0 Å². The molecule has 0 saturated heterocycles. The van der Waals surface area contributed by atoms with E-state index in [-0.39, 0.29) is 11.1 Å². The molecule has 0 atom stereocenters. The van der Waals surface area contributed by atoms with E-state index in [2.05, 4.69) is 59.9 Å². The van der Waals surface area contributed by atoms with E-state index in [4.69, 9.17) is 0 Å². The Kier molecular flexibility index (Phi) is 4.44. The molecule has 0 saturated carbocycles. The molecule has 1 nitrogen and oxygen atoms in total. The number of nitrogens with zero attached hydrogens (tertiary/aromatic N) is 1. The Hall–Kier alpha value is -0.0400. The molecule has 0 N–H and O–H groups in total. The first-order chi connectivity index (χ1) is 5.69. The van der Waals surface area contributed by atoms with Crippen LogP contribution in [0.4, 0.5) is 0 Å². The van der Waals surface area contributed by atoms with Crippen LogP contribution in [0, 0.1) is 6.54 Å². The number of rotatable bonds is 3. The Morgan fingerprint density at radius 2 is 1.31 bits per heavy atom. The molecule has 0 aliphatic carbocycles. The zero-order valence-electron chi connectivity index (χ0n) is 10.4. The lowest BCUT2D eigenvalue weighted by Gasteiger charge is -2.45. The van der Waals surface area contributed by atoms with Crippen LogP contribution in [0.1, 0.15) is 61.3 Å². The van der Waals surface area contributed by atoms with Crippen LogP contribution in [0.25, 0.3) is 0 Å². The van der Waals surface area contributed by atoms with Gasteiger partial charge in [0.15, 0.2) is 0 Å². The van der Waals surface area contributed by atoms with Crippen molar-refractivity contribution >= 4 is 0 Å². The van der Waals surface area contributed by atoms with E-state index in [1.807, 2.05) is 0 Å². The highest BCUT2D eigenvalue weighted by atomic mass is 15.2. The third-order valence-corrected chi connectivity index (χ3v) is 2.05. The fourth-order valence-electron chi connectivity index (χ4n) is 1.81. The molecule has 1 heteroatoms. The topological polar surface area (TPSA) is 3.24 Å². The minimum atomic E-state index is 0.230. The maximum absolute atomic E-state index is 2.46. The highest BCUT2D eigenvalue weighted by Crippen LogP contribution is 2.27. The van der Waals surface area contributed by atoms with Gasteiger partial charge in [-0.2, -0.15) is 0 Å². The molecule has 0 amide bonds. The van der Waals surface area contributed by atoms with E-state index >= 15 is 0 Å². The third-order valence-electron chi connectivity index (χ3n) is 2.05. The predicted molar refractivity (Wildman–Crippen MR) is 60.6 cm³/mol. The molecule has 0 aromatic carbocycles. The average Bonchev–Trinajstić information content (AvgIpc) is 1.81. The van der Waals surface area contributed by atoms with E-state index in [0.29, 0.717) is 0 Å². The highest BCUT2D eigenvalue weighted by molar-refractivity contribution is 4.91. The Morgan fingerprint density at radius 1 is 0.923 bits per heavy atom. The quantitative estimate of drug-likeness (QED) is 0.644. The van der Waals surface area contributed by atoms with E-state index < -0.39 is 0 Å². The van der Waals surface area contributed by atoms with E-state index in [9.17, 15) is 0 Å². The van der Waals surface area contributed by atoms with Crippen LogP contribution in [0.3, 0.4) is 0 Å². The lowest BCUT2D eigenvalue weighted by molar-refractivity contribution is 0.0688. The van der Waals surface area contributed by atoms with Gasteiger partial charge in [-0.25, -0.2) is 0 Å². The first-order valence-corrected chi connectivity index (χ1v) is 5.32. The molecule has 0 aromatic heterocycles. The summed E-state index contributed by atoms with van der Waals surface area (Å²) in [7, 11) is 0. The normalized spacial score (nSPS) is 13.8. The summed E-state index contributed by atoms with van der Waals surface area (Å²) in [5.74, 6) is 0. The van der Waals surface area contributed by atoms with Crippen molar-refractivity contribution in [2.75, 3.05) is 0 Å². The zero-order chi connectivity index (χ0) is 10.7. The molecule has 1 radical (unpaired) electrons. The standard InChI is InChI=1S/C12H26N/c1-8-9-10-13(11(2,3)4)12(5,6)7/h10H,8-9H2,1-7H3. The molecule has 0 rings (SSSR count).